The molecule has 1 rings (SSSR count). The normalized spacial score (nSPS) is 13.8. The van der Waals surface area contributed by atoms with Crippen molar-refractivity contribution in [3.8, 4) is 0 Å². The molecule has 0 heterocycles. The van der Waals surface area contributed by atoms with Gasteiger partial charge in [0.1, 0.15) is 0 Å². The van der Waals surface area contributed by atoms with E-state index >= 15 is 0 Å². The van der Waals surface area contributed by atoms with E-state index in [0.29, 0.717) is 18.4 Å². The molecule has 0 saturated carbocycles. The number of carbonyl (C=O) groups is 1. The lowest BCUT2D eigenvalue weighted by molar-refractivity contribution is -0.138. The summed E-state index contributed by atoms with van der Waals surface area (Å²) in [5.41, 5.74) is 1.35. The lowest BCUT2D eigenvalue weighted by Gasteiger charge is -2.18. The van der Waals surface area contributed by atoms with Crippen LogP contribution in [-0.2, 0) is 11.2 Å². The van der Waals surface area contributed by atoms with Crippen LogP contribution in [0.25, 0.3) is 0 Å². The fraction of sp³-hybridized carbons (Fsp3) is 0.611. The summed E-state index contributed by atoms with van der Waals surface area (Å²) in [6.45, 7) is 5.29. The second-order valence-electron chi connectivity index (χ2n) is 5.92. The van der Waals surface area contributed by atoms with Crippen LogP contribution in [0.15, 0.2) is 30.3 Å². The zero-order valence-electron chi connectivity index (χ0n) is 13.3. The SMILES string of the molecule is CCCC(CCC(C)NCCc1ccccc1)CC(=O)O. The molecule has 2 atom stereocenters. The van der Waals surface area contributed by atoms with E-state index in [0.717, 1.165) is 38.6 Å². The van der Waals surface area contributed by atoms with Crippen LogP contribution in [0, 0.1) is 5.92 Å². The molecule has 2 unspecified atom stereocenters. The average molecular weight is 291 g/mol. The maximum atomic E-state index is 10.8. The number of carboxylic acid groups (broad SMARTS) is 1. The number of carboxylic acids is 1. The van der Waals surface area contributed by atoms with Crippen LogP contribution in [0.1, 0.15) is 51.5 Å². The Morgan fingerprint density at radius 2 is 1.90 bits per heavy atom. The number of rotatable bonds is 11. The topological polar surface area (TPSA) is 49.3 Å². The lowest BCUT2D eigenvalue weighted by Crippen LogP contribution is -2.28. The highest BCUT2D eigenvalue weighted by atomic mass is 16.4. The Balaban J connectivity index is 2.19. The molecule has 3 nitrogen and oxygen atoms in total. The van der Waals surface area contributed by atoms with Crippen LogP contribution in [0.4, 0.5) is 0 Å². The summed E-state index contributed by atoms with van der Waals surface area (Å²) < 4.78 is 0. The van der Waals surface area contributed by atoms with Gasteiger partial charge in [-0.1, -0.05) is 50.1 Å². The summed E-state index contributed by atoms with van der Waals surface area (Å²) >= 11 is 0. The predicted molar refractivity (Wildman–Crippen MR) is 87.5 cm³/mol. The van der Waals surface area contributed by atoms with Crippen molar-refractivity contribution in [3.05, 3.63) is 35.9 Å². The largest absolute Gasteiger partial charge is 0.481 e. The first-order chi connectivity index (χ1) is 10.1. The van der Waals surface area contributed by atoms with Crippen molar-refractivity contribution in [1.29, 1.82) is 0 Å². The van der Waals surface area contributed by atoms with Crippen molar-refractivity contribution in [2.24, 2.45) is 5.92 Å². The Morgan fingerprint density at radius 3 is 2.52 bits per heavy atom. The Kier molecular flexibility index (Phi) is 8.76. The monoisotopic (exact) mass is 291 g/mol. The minimum Gasteiger partial charge on any atom is -0.481 e. The first kappa shape index (κ1) is 17.7. The first-order valence-corrected chi connectivity index (χ1v) is 8.11. The number of hydrogen-bond acceptors (Lipinski definition) is 2. The van der Waals surface area contributed by atoms with E-state index in [1.54, 1.807) is 0 Å². The highest BCUT2D eigenvalue weighted by Gasteiger charge is 2.13. The fourth-order valence-corrected chi connectivity index (χ4v) is 2.70. The fourth-order valence-electron chi connectivity index (χ4n) is 2.70. The number of hydrogen-bond donors (Lipinski definition) is 2. The molecule has 0 radical (unpaired) electrons. The molecule has 0 fully saturated rings. The predicted octanol–water partition coefficient (Wildman–Crippen LogP) is 3.88. The zero-order chi connectivity index (χ0) is 15.5. The van der Waals surface area contributed by atoms with Crippen molar-refractivity contribution >= 4 is 5.97 Å². The Morgan fingerprint density at radius 1 is 1.19 bits per heavy atom. The van der Waals surface area contributed by atoms with Crippen LogP contribution >= 0.6 is 0 Å². The number of benzene rings is 1. The molecule has 0 aliphatic heterocycles. The van der Waals surface area contributed by atoms with Crippen molar-refractivity contribution in [1.82, 2.24) is 5.32 Å². The van der Waals surface area contributed by atoms with Gasteiger partial charge in [0, 0.05) is 12.5 Å². The van der Waals surface area contributed by atoms with Crippen LogP contribution in [0.5, 0.6) is 0 Å². The molecule has 3 heteroatoms. The smallest absolute Gasteiger partial charge is 0.303 e. The van der Waals surface area contributed by atoms with Gasteiger partial charge < -0.3 is 10.4 Å². The molecule has 1 aromatic rings. The standard InChI is InChI=1S/C18H29NO2/c1-3-7-17(14-18(20)21)11-10-15(2)19-13-12-16-8-5-4-6-9-16/h4-6,8-9,15,17,19H,3,7,10-14H2,1-2H3,(H,20,21). The van der Waals surface area contributed by atoms with E-state index in [-0.39, 0.29) is 0 Å². The molecule has 2 N–H and O–H groups in total. The number of aliphatic carboxylic acids is 1. The summed E-state index contributed by atoms with van der Waals surface area (Å²) in [5, 5.41) is 12.5. The maximum Gasteiger partial charge on any atom is 0.303 e. The molecule has 0 aliphatic carbocycles. The third-order valence-electron chi connectivity index (χ3n) is 3.92. The van der Waals surface area contributed by atoms with Crippen LogP contribution < -0.4 is 5.32 Å². The summed E-state index contributed by atoms with van der Waals surface area (Å²) in [6.07, 6.45) is 5.48. The van der Waals surface area contributed by atoms with E-state index in [1.165, 1.54) is 5.56 Å². The lowest BCUT2D eigenvalue weighted by atomic mass is 9.93. The minimum atomic E-state index is -0.668. The van der Waals surface area contributed by atoms with Gasteiger partial charge in [-0.15, -0.1) is 0 Å². The van der Waals surface area contributed by atoms with Crippen LogP contribution in [0.2, 0.25) is 0 Å². The molecule has 0 bridgehead atoms. The molecular weight excluding hydrogens is 262 g/mol. The van der Waals surface area contributed by atoms with Gasteiger partial charge in [0.05, 0.1) is 0 Å². The highest BCUT2D eigenvalue weighted by Crippen LogP contribution is 2.18. The van der Waals surface area contributed by atoms with Crippen molar-refractivity contribution in [2.75, 3.05) is 6.54 Å². The molecule has 118 valence electrons. The van der Waals surface area contributed by atoms with Crippen LogP contribution in [0.3, 0.4) is 0 Å². The summed E-state index contributed by atoms with van der Waals surface area (Å²) in [6, 6.07) is 10.9. The third-order valence-corrected chi connectivity index (χ3v) is 3.92. The van der Waals surface area contributed by atoms with Crippen molar-refractivity contribution in [3.63, 3.8) is 0 Å². The van der Waals surface area contributed by atoms with E-state index in [9.17, 15) is 4.79 Å². The Bertz CT molecular complexity index is 391. The highest BCUT2D eigenvalue weighted by molar-refractivity contribution is 5.66. The third kappa shape index (κ3) is 8.51. The van der Waals surface area contributed by atoms with Gasteiger partial charge in [0.25, 0.3) is 0 Å². The van der Waals surface area contributed by atoms with Gasteiger partial charge in [-0.2, -0.15) is 0 Å². The van der Waals surface area contributed by atoms with Crippen molar-refractivity contribution < 1.29 is 9.90 Å². The quantitative estimate of drug-likeness (QED) is 0.650. The number of nitrogens with one attached hydrogen (secondary N) is 1. The summed E-state index contributed by atoms with van der Waals surface area (Å²) in [4.78, 5) is 10.8. The molecular formula is C18H29NO2. The Hall–Kier alpha value is -1.35. The minimum absolute atomic E-state index is 0.310. The van der Waals surface area contributed by atoms with E-state index in [2.05, 4.69) is 43.4 Å². The second-order valence-corrected chi connectivity index (χ2v) is 5.92. The summed E-state index contributed by atoms with van der Waals surface area (Å²) in [7, 11) is 0. The van der Waals surface area contributed by atoms with E-state index in [4.69, 9.17) is 5.11 Å². The van der Waals surface area contributed by atoms with Crippen molar-refractivity contribution in [2.45, 2.75) is 58.4 Å². The first-order valence-electron chi connectivity index (χ1n) is 8.11. The van der Waals surface area contributed by atoms with Gasteiger partial charge in [-0.05, 0) is 44.2 Å². The maximum absolute atomic E-state index is 10.8. The van der Waals surface area contributed by atoms with Gasteiger partial charge in [-0.3, -0.25) is 4.79 Å². The molecule has 21 heavy (non-hydrogen) atoms. The molecule has 1 aromatic carbocycles. The molecule has 0 aliphatic rings. The second kappa shape index (κ2) is 10.4. The van der Waals surface area contributed by atoms with Gasteiger partial charge in [-0.25, -0.2) is 0 Å². The van der Waals surface area contributed by atoms with Crippen LogP contribution in [-0.4, -0.2) is 23.7 Å². The molecule has 0 saturated heterocycles. The zero-order valence-corrected chi connectivity index (χ0v) is 13.3. The Labute approximate surface area is 128 Å². The van der Waals surface area contributed by atoms with Gasteiger partial charge in [0.2, 0.25) is 0 Å². The summed E-state index contributed by atoms with van der Waals surface area (Å²) in [5.74, 6) is -0.344. The van der Waals surface area contributed by atoms with Gasteiger partial charge in [0.15, 0.2) is 0 Å². The van der Waals surface area contributed by atoms with E-state index < -0.39 is 5.97 Å². The molecule has 0 amide bonds. The van der Waals surface area contributed by atoms with Gasteiger partial charge >= 0.3 is 5.97 Å². The van der Waals surface area contributed by atoms with E-state index in [1.807, 2.05) is 6.07 Å². The molecule has 0 aromatic heterocycles. The molecule has 0 spiro atoms. The average Bonchev–Trinajstić information content (AvgIpc) is 2.45.